The number of ether oxygens (including phenoxy) is 1. The molecule has 0 aliphatic rings. The number of benzene rings is 2. The summed E-state index contributed by atoms with van der Waals surface area (Å²) in [5.74, 6) is -5.58. The Bertz CT molecular complexity index is 1080. The van der Waals surface area contributed by atoms with Gasteiger partial charge in [-0.3, -0.25) is 4.79 Å². The molecule has 0 atom stereocenters. The van der Waals surface area contributed by atoms with Crippen LogP contribution in [0.3, 0.4) is 0 Å². The van der Waals surface area contributed by atoms with Crippen LogP contribution in [0.1, 0.15) is 0 Å². The van der Waals surface area contributed by atoms with Crippen molar-refractivity contribution in [2.75, 3.05) is 0 Å². The largest absolute Gasteiger partial charge is 0.511 e. The minimum absolute atomic E-state index is 0.439. The number of hydrogen-bond acceptors (Lipinski definition) is 3. The van der Waals surface area contributed by atoms with Crippen LogP contribution in [0.15, 0.2) is 41.3 Å². The summed E-state index contributed by atoms with van der Waals surface area (Å²) in [6, 6.07) is 3.84. The highest BCUT2D eigenvalue weighted by molar-refractivity contribution is 5.83. The molecule has 9 heteroatoms. The zero-order valence-corrected chi connectivity index (χ0v) is 12.1. The van der Waals surface area contributed by atoms with Crippen LogP contribution in [-0.4, -0.2) is 15.8 Å². The molecule has 0 saturated heterocycles. The minimum atomic E-state index is -1.83. The first-order valence-corrected chi connectivity index (χ1v) is 6.69. The predicted molar refractivity (Wildman–Crippen MR) is 78.0 cm³/mol. The zero-order chi connectivity index (χ0) is 18.3. The first-order chi connectivity index (χ1) is 11.8. The van der Waals surface area contributed by atoms with Gasteiger partial charge in [0.1, 0.15) is 11.6 Å². The maximum absolute atomic E-state index is 14.2. The maximum Gasteiger partial charge on any atom is 0.511 e. The van der Waals surface area contributed by atoms with Crippen molar-refractivity contribution in [2.24, 2.45) is 0 Å². The van der Waals surface area contributed by atoms with Gasteiger partial charge in [0.2, 0.25) is 5.43 Å². The fraction of sp³-hybridized carbons (Fsp3) is 0. The van der Waals surface area contributed by atoms with Gasteiger partial charge in [-0.2, -0.15) is 0 Å². The molecule has 0 fully saturated rings. The molecular weight excluding hydrogens is 346 g/mol. The molecule has 3 aromatic rings. The Morgan fingerprint density at radius 2 is 1.76 bits per heavy atom. The van der Waals surface area contributed by atoms with Crippen LogP contribution in [0.4, 0.5) is 22.4 Å². The van der Waals surface area contributed by atoms with Crippen LogP contribution in [0.2, 0.25) is 0 Å². The van der Waals surface area contributed by atoms with Crippen molar-refractivity contribution in [1.29, 1.82) is 0 Å². The average Bonchev–Trinajstić information content (AvgIpc) is 2.53. The number of rotatable bonds is 2. The van der Waals surface area contributed by atoms with Crippen molar-refractivity contribution in [3.8, 4) is 11.4 Å². The smallest absolute Gasteiger partial charge is 0.449 e. The summed E-state index contributed by atoms with van der Waals surface area (Å²) in [5.41, 5.74) is -2.12. The molecule has 128 valence electrons. The van der Waals surface area contributed by atoms with Crippen molar-refractivity contribution < 1.29 is 32.2 Å². The zero-order valence-electron chi connectivity index (χ0n) is 12.1. The van der Waals surface area contributed by atoms with Gasteiger partial charge in [0.05, 0.1) is 22.8 Å². The third kappa shape index (κ3) is 2.80. The van der Waals surface area contributed by atoms with E-state index in [1.165, 1.54) is 0 Å². The predicted octanol–water partition coefficient (Wildman–Crippen LogP) is 3.60. The summed E-state index contributed by atoms with van der Waals surface area (Å²) >= 11 is 0. The Hall–Kier alpha value is -3.36. The van der Waals surface area contributed by atoms with E-state index in [1.54, 1.807) is 0 Å². The summed E-state index contributed by atoms with van der Waals surface area (Å²) in [4.78, 5) is 22.9. The highest BCUT2D eigenvalue weighted by Crippen LogP contribution is 2.26. The van der Waals surface area contributed by atoms with E-state index in [-0.39, 0.29) is 0 Å². The lowest BCUT2D eigenvalue weighted by atomic mass is 10.1. The van der Waals surface area contributed by atoms with Crippen LogP contribution >= 0.6 is 0 Å². The van der Waals surface area contributed by atoms with E-state index in [2.05, 4.69) is 4.74 Å². The molecule has 0 aliphatic carbocycles. The summed E-state index contributed by atoms with van der Waals surface area (Å²) in [5, 5.41) is 8.24. The third-order valence-electron chi connectivity index (χ3n) is 3.39. The lowest BCUT2D eigenvalue weighted by molar-refractivity contribution is 0.144. The van der Waals surface area contributed by atoms with Gasteiger partial charge < -0.3 is 14.4 Å². The molecule has 2 aromatic carbocycles. The Morgan fingerprint density at radius 3 is 2.40 bits per heavy atom. The van der Waals surface area contributed by atoms with Crippen LogP contribution in [0, 0.1) is 23.3 Å². The molecule has 5 nitrogen and oxygen atoms in total. The fourth-order valence-corrected chi connectivity index (χ4v) is 2.37. The molecule has 0 aliphatic heterocycles. The second-order valence-corrected chi connectivity index (χ2v) is 4.91. The number of halogens is 4. The van der Waals surface area contributed by atoms with E-state index < -0.39 is 57.2 Å². The van der Waals surface area contributed by atoms with Crippen LogP contribution in [0.5, 0.6) is 5.75 Å². The quantitative estimate of drug-likeness (QED) is 0.565. The molecular formula is C16H7F4NO4. The van der Waals surface area contributed by atoms with E-state index in [0.717, 1.165) is 18.2 Å². The summed E-state index contributed by atoms with van der Waals surface area (Å²) < 4.78 is 60.0. The highest BCUT2D eigenvalue weighted by Gasteiger charge is 2.20. The van der Waals surface area contributed by atoms with Crippen molar-refractivity contribution >= 4 is 17.1 Å². The van der Waals surface area contributed by atoms with Gasteiger partial charge in [0.25, 0.3) is 0 Å². The third-order valence-corrected chi connectivity index (χ3v) is 3.39. The molecule has 1 heterocycles. The van der Waals surface area contributed by atoms with Gasteiger partial charge in [0.15, 0.2) is 17.4 Å². The van der Waals surface area contributed by atoms with Gasteiger partial charge in [-0.25, -0.2) is 22.4 Å². The molecule has 0 unspecified atom stereocenters. The van der Waals surface area contributed by atoms with Crippen molar-refractivity contribution in [2.45, 2.75) is 0 Å². The van der Waals surface area contributed by atoms with Gasteiger partial charge in [-0.05, 0) is 24.3 Å². The molecule has 0 saturated carbocycles. The lowest BCUT2D eigenvalue weighted by Gasteiger charge is -2.14. The number of pyridine rings is 1. The fourth-order valence-electron chi connectivity index (χ4n) is 2.37. The Morgan fingerprint density at radius 1 is 1.04 bits per heavy atom. The molecule has 0 spiro atoms. The van der Waals surface area contributed by atoms with E-state index in [9.17, 15) is 27.2 Å². The van der Waals surface area contributed by atoms with Crippen LogP contribution in [0.25, 0.3) is 16.6 Å². The van der Waals surface area contributed by atoms with Gasteiger partial charge in [-0.15, -0.1) is 0 Å². The first kappa shape index (κ1) is 16.5. The SMILES string of the molecule is O=C(O)Oc1cn(-c2ccc(F)cc2F)c2c(F)c(F)ccc2c1=O. The Balaban J connectivity index is 2.47. The number of carbonyl (C=O) groups is 1. The normalized spacial score (nSPS) is 10.9. The van der Waals surface area contributed by atoms with Crippen LogP contribution in [-0.2, 0) is 0 Å². The molecule has 0 bridgehead atoms. The molecule has 0 radical (unpaired) electrons. The maximum atomic E-state index is 14.2. The van der Waals surface area contributed by atoms with E-state index in [4.69, 9.17) is 5.11 Å². The van der Waals surface area contributed by atoms with Crippen molar-refractivity contribution in [1.82, 2.24) is 4.57 Å². The second-order valence-electron chi connectivity index (χ2n) is 4.91. The number of hydrogen-bond donors (Lipinski definition) is 1. The Labute approximate surface area is 136 Å². The number of fused-ring (bicyclic) bond motifs is 1. The minimum Gasteiger partial charge on any atom is -0.449 e. The van der Waals surface area contributed by atoms with E-state index >= 15 is 0 Å². The van der Waals surface area contributed by atoms with E-state index in [1.807, 2.05) is 0 Å². The number of carboxylic acid groups (broad SMARTS) is 1. The lowest BCUT2D eigenvalue weighted by Crippen LogP contribution is -2.17. The molecule has 1 N–H and O–H groups in total. The molecule has 25 heavy (non-hydrogen) atoms. The van der Waals surface area contributed by atoms with Gasteiger partial charge in [0, 0.05) is 6.07 Å². The van der Waals surface area contributed by atoms with Gasteiger partial charge in [-0.1, -0.05) is 0 Å². The standard InChI is InChI=1S/C16H7F4NO4/c17-7-1-4-11(10(19)5-7)21-6-12(25-16(23)24)15(22)8-2-3-9(18)13(20)14(8)21/h1-6H,(H,23,24). The number of aromatic nitrogens is 1. The number of nitrogens with zero attached hydrogens (tertiary/aromatic N) is 1. The second kappa shape index (κ2) is 5.93. The molecule has 3 rings (SSSR count). The first-order valence-electron chi connectivity index (χ1n) is 6.69. The van der Waals surface area contributed by atoms with Crippen LogP contribution < -0.4 is 10.2 Å². The summed E-state index contributed by atoms with van der Waals surface area (Å²) in [7, 11) is 0. The Kier molecular flexibility index (Phi) is 3.91. The summed E-state index contributed by atoms with van der Waals surface area (Å²) in [6.07, 6.45) is -1.14. The average molecular weight is 353 g/mol. The topological polar surface area (TPSA) is 68.5 Å². The monoisotopic (exact) mass is 353 g/mol. The molecule has 1 aromatic heterocycles. The van der Waals surface area contributed by atoms with E-state index in [0.29, 0.717) is 22.9 Å². The van der Waals surface area contributed by atoms with Crippen molar-refractivity contribution in [3.63, 3.8) is 0 Å². The molecule has 0 amide bonds. The summed E-state index contributed by atoms with van der Waals surface area (Å²) in [6.45, 7) is 0. The highest BCUT2D eigenvalue weighted by atomic mass is 19.2. The van der Waals surface area contributed by atoms with Gasteiger partial charge >= 0.3 is 6.16 Å². The van der Waals surface area contributed by atoms with Crippen molar-refractivity contribution in [3.05, 3.63) is 70.0 Å².